The number of nitrogens with zero attached hydrogens (tertiary/aromatic N) is 4. The molecule has 0 aliphatic heterocycles. The number of aromatic nitrogens is 4. The molecular formula is C45H26N4OS. The third-order valence-corrected chi connectivity index (χ3v) is 10.7. The van der Waals surface area contributed by atoms with E-state index in [1.165, 1.54) is 10.8 Å². The SMILES string of the molecule is [2H]c1c([2H])c([2H])c(-c2nc(-c3ccc4sc5ccc(-n6c7ccccc7c7ccccc76)cc5c4c3)nc(-c3cccc4c3oc3ccccc34)n2)c([2H])c1[2H]. The predicted molar refractivity (Wildman–Crippen MR) is 211 cm³/mol. The van der Waals surface area contributed by atoms with E-state index in [-0.39, 0.29) is 17.2 Å². The molecule has 0 fully saturated rings. The van der Waals surface area contributed by atoms with Crippen LogP contribution in [0.25, 0.3) is 104 Å². The van der Waals surface area contributed by atoms with Crippen LogP contribution in [-0.2, 0) is 0 Å². The van der Waals surface area contributed by atoms with Crippen molar-refractivity contribution >= 4 is 75.3 Å². The molecule has 0 radical (unpaired) electrons. The van der Waals surface area contributed by atoms with Crippen molar-refractivity contribution in [1.29, 1.82) is 0 Å². The van der Waals surface area contributed by atoms with Crippen LogP contribution in [-0.4, -0.2) is 19.5 Å². The van der Waals surface area contributed by atoms with E-state index in [9.17, 15) is 0 Å². The summed E-state index contributed by atoms with van der Waals surface area (Å²) in [7, 11) is 0. The number of fused-ring (bicyclic) bond motifs is 9. The Morgan fingerprint density at radius 1 is 0.510 bits per heavy atom. The van der Waals surface area contributed by atoms with Crippen LogP contribution in [0.1, 0.15) is 6.85 Å². The monoisotopic (exact) mass is 675 g/mol. The first-order chi connectivity index (χ1) is 27.3. The molecule has 0 N–H and O–H groups in total. The van der Waals surface area contributed by atoms with Gasteiger partial charge >= 0.3 is 0 Å². The number of hydrogen-bond acceptors (Lipinski definition) is 5. The van der Waals surface area contributed by atoms with Crippen LogP contribution < -0.4 is 0 Å². The average Bonchev–Trinajstić information content (AvgIpc) is 3.91. The van der Waals surface area contributed by atoms with Crippen LogP contribution in [0.15, 0.2) is 162 Å². The maximum atomic E-state index is 8.79. The fraction of sp³-hybridized carbons (Fsp3) is 0. The molecule has 0 amide bonds. The number of hydrogen-bond donors (Lipinski definition) is 0. The third-order valence-electron chi connectivity index (χ3n) is 9.55. The van der Waals surface area contributed by atoms with Gasteiger partial charge in [0.15, 0.2) is 17.5 Å². The lowest BCUT2D eigenvalue weighted by Crippen LogP contribution is -2.00. The molecule has 0 spiro atoms. The van der Waals surface area contributed by atoms with Gasteiger partial charge in [-0.1, -0.05) is 96.9 Å². The maximum Gasteiger partial charge on any atom is 0.167 e. The van der Waals surface area contributed by atoms with Gasteiger partial charge in [0.25, 0.3) is 0 Å². The number of thiophene rings is 1. The molecule has 11 aromatic rings. The average molecular weight is 676 g/mol. The standard InChI is InChI=1S/C45H26N4OS/c1-2-11-27(12-3-1)43-46-44(48-45(47-43)34-17-10-16-33-32-15-6-9-20-39(32)50-42(33)34)28-21-23-40-35(25-28)36-26-29(22-24-41(36)51-40)49-37-18-7-4-13-30(37)31-14-5-8-19-38(31)49/h1-26H/i1D,2D,3D,11D,12D. The highest BCUT2D eigenvalue weighted by Gasteiger charge is 2.19. The van der Waals surface area contributed by atoms with Crippen molar-refractivity contribution in [3.63, 3.8) is 0 Å². The minimum atomic E-state index is -0.486. The van der Waals surface area contributed by atoms with Crippen molar-refractivity contribution < 1.29 is 11.3 Å². The molecule has 0 atom stereocenters. The molecule has 4 heterocycles. The van der Waals surface area contributed by atoms with E-state index in [0.29, 0.717) is 28.1 Å². The van der Waals surface area contributed by atoms with Crippen molar-refractivity contribution in [2.24, 2.45) is 0 Å². The number of para-hydroxylation sites is 4. The second-order valence-corrected chi connectivity index (χ2v) is 13.5. The molecular weight excluding hydrogens is 645 g/mol. The first kappa shape index (κ1) is 23.7. The second kappa shape index (κ2) is 10.9. The first-order valence-electron chi connectivity index (χ1n) is 19.0. The minimum Gasteiger partial charge on any atom is -0.455 e. The van der Waals surface area contributed by atoms with E-state index >= 15 is 0 Å². The second-order valence-electron chi connectivity index (χ2n) is 12.4. The van der Waals surface area contributed by atoms with Gasteiger partial charge in [0.1, 0.15) is 11.2 Å². The summed E-state index contributed by atoms with van der Waals surface area (Å²) in [5, 5.41) is 6.32. The predicted octanol–water partition coefficient (Wildman–Crippen LogP) is 12.2. The normalized spacial score (nSPS) is 13.3. The largest absolute Gasteiger partial charge is 0.455 e. The molecule has 0 aliphatic rings. The zero-order chi connectivity index (χ0) is 37.8. The Hall–Kier alpha value is -6.63. The lowest BCUT2D eigenvalue weighted by Gasteiger charge is -2.09. The molecule has 0 unspecified atom stereocenters. The number of rotatable bonds is 4. The smallest absolute Gasteiger partial charge is 0.167 e. The van der Waals surface area contributed by atoms with E-state index < -0.39 is 30.2 Å². The third kappa shape index (κ3) is 4.37. The Labute approximate surface area is 302 Å². The van der Waals surface area contributed by atoms with E-state index in [1.54, 1.807) is 11.3 Å². The van der Waals surface area contributed by atoms with Gasteiger partial charge in [0, 0.05) is 58.5 Å². The van der Waals surface area contributed by atoms with Crippen molar-refractivity contribution in [1.82, 2.24) is 19.5 Å². The summed E-state index contributed by atoms with van der Waals surface area (Å²) in [6, 6.07) is 40.9. The summed E-state index contributed by atoms with van der Waals surface area (Å²) in [4.78, 5) is 14.6. The van der Waals surface area contributed by atoms with Gasteiger partial charge in [0.2, 0.25) is 0 Å². The Morgan fingerprint density at radius 3 is 1.92 bits per heavy atom. The van der Waals surface area contributed by atoms with E-state index in [0.717, 1.165) is 47.7 Å². The van der Waals surface area contributed by atoms with Gasteiger partial charge in [-0.05, 0) is 60.7 Å². The van der Waals surface area contributed by atoms with Gasteiger partial charge in [-0.3, -0.25) is 0 Å². The van der Waals surface area contributed by atoms with Crippen LogP contribution in [0.4, 0.5) is 0 Å². The summed E-state index contributed by atoms with van der Waals surface area (Å²) in [6.07, 6.45) is 0. The topological polar surface area (TPSA) is 56.7 Å². The molecule has 0 saturated heterocycles. The van der Waals surface area contributed by atoms with Crippen molar-refractivity contribution in [3.8, 4) is 39.9 Å². The molecule has 0 saturated carbocycles. The van der Waals surface area contributed by atoms with E-state index in [1.807, 2.05) is 48.5 Å². The lowest BCUT2D eigenvalue weighted by molar-refractivity contribution is 0.669. The maximum absolute atomic E-state index is 8.79. The molecule has 238 valence electrons. The lowest BCUT2D eigenvalue weighted by atomic mass is 10.1. The quantitative estimate of drug-likeness (QED) is 0.186. The zero-order valence-corrected chi connectivity index (χ0v) is 27.5. The van der Waals surface area contributed by atoms with Crippen LogP contribution >= 0.6 is 11.3 Å². The van der Waals surface area contributed by atoms with Crippen molar-refractivity contribution in [2.75, 3.05) is 0 Å². The van der Waals surface area contributed by atoms with E-state index in [4.69, 9.17) is 26.2 Å². The summed E-state index contributed by atoms with van der Waals surface area (Å²) in [6.45, 7) is 0. The highest BCUT2D eigenvalue weighted by molar-refractivity contribution is 7.25. The fourth-order valence-corrected chi connectivity index (χ4v) is 8.33. The van der Waals surface area contributed by atoms with Gasteiger partial charge in [0.05, 0.1) is 23.5 Å². The number of benzene rings is 7. The molecule has 7 aromatic carbocycles. The number of furan rings is 1. The summed E-state index contributed by atoms with van der Waals surface area (Å²) < 4.78 is 53.5. The Bertz CT molecular complexity index is 3380. The minimum absolute atomic E-state index is 0.0287. The Morgan fingerprint density at radius 2 is 1.14 bits per heavy atom. The van der Waals surface area contributed by atoms with Gasteiger partial charge < -0.3 is 8.98 Å². The highest BCUT2D eigenvalue weighted by atomic mass is 32.1. The van der Waals surface area contributed by atoms with Crippen LogP contribution in [0.5, 0.6) is 0 Å². The molecule has 5 nitrogen and oxygen atoms in total. The van der Waals surface area contributed by atoms with Crippen LogP contribution in [0, 0.1) is 0 Å². The molecule has 4 aromatic heterocycles. The van der Waals surface area contributed by atoms with Crippen molar-refractivity contribution in [3.05, 3.63) is 158 Å². The zero-order valence-electron chi connectivity index (χ0n) is 31.7. The summed E-state index contributed by atoms with van der Waals surface area (Å²) in [5.74, 6) is 0.522. The molecule has 51 heavy (non-hydrogen) atoms. The molecule has 6 heteroatoms. The van der Waals surface area contributed by atoms with Gasteiger partial charge in [-0.25, -0.2) is 15.0 Å². The molecule has 0 bridgehead atoms. The molecule has 11 rings (SSSR count). The highest BCUT2D eigenvalue weighted by Crippen LogP contribution is 2.40. The van der Waals surface area contributed by atoms with Crippen LogP contribution in [0.3, 0.4) is 0 Å². The summed E-state index contributed by atoms with van der Waals surface area (Å²) >= 11 is 1.71. The van der Waals surface area contributed by atoms with Gasteiger partial charge in [-0.15, -0.1) is 11.3 Å². The van der Waals surface area contributed by atoms with Gasteiger partial charge in [-0.2, -0.15) is 0 Å². The van der Waals surface area contributed by atoms with Crippen LogP contribution in [0.2, 0.25) is 0 Å². The summed E-state index contributed by atoms with van der Waals surface area (Å²) in [5.41, 5.74) is 5.78. The first-order valence-corrected chi connectivity index (χ1v) is 17.3. The Balaban J connectivity index is 1.15. The molecule has 0 aliphatic carbocycles. The van der Waals surface area contributed by atoms with Crippen molar-refractivity contribution in [2.45, 2.75) is 0 Å². The van der Waals surface area contributed by atoms with E-state index in [2.05, 4.69) is 83.4 Å². The Kier molecular flexibility index (Phi) is 5.08. The fourth-order valence-electron chi connectivity index (χ4n) is 7.27.